The van der Waals surface area contributed by atoms with Gasteiger partial charge in [0.25, 0.3) is 5.91 Å². The molecular formula is C22H20N4O3S. The summed E-state index contributed by atoms with van der Waals surface area (Å²) < 4.78 is 6.59. The van der Waals surface area contributed by atoms with Gasteiger partial charge in [-0.3, -0.25) is 9.59 Å². The molecule has 7 nitrogen and oxygen atoms in total. The second-order valence-corrected chi connectivity index (χ2v) is 7.73. The molecule has 0 aliphatic carbocycles. The molecular weight excluding hydrogens is 400 g/mol. The van der Waals surface area contributed by atoms with Crippen molar-refractivity contribution in [1.82, 2.24) is 20.3 Å². The van der Waals surface area contributed by atoms with Gasteiger partial charge in [-0.1, -0.05) is 35.5 Å². The smallest absolute Gasteiger partial charge is 0.307 e. The average molecular weight is 420 g/mol. The van der Waals surface area contributed by atoms with E-state index in [1.807, 2.05) is 58.6 Å². The number of amides is 1. The van der Waals surface area contributed by atoms with Gasteiger partial charge in [-0.2, -0.15) is 0 Å². The highest BCUT2D eigenvalue weighted by atomic mass is 32.1. The molecule has 0 aliphatic rings. The Morgan fingerprint density at radius 2 is 1.90 bits per heavy atom. The zero-order chi connectivity index (χ0) is 20.9. The Morgan fingerprint density at radius 1 is 1.10 bits per heavy atom. The lowest BCUT2D eigenvalue weighted by atomic mass is 10.1. The largest absolute Gasteiger partial charge is 0.469 e. The van der Waals surface area contributed by atoms with E-state index in [2.05, 4.69) is 15.6 Å². The van der Waals surface area contributed by atoms with E-state index in [0.29, 0.717) is 12.1 Å². The third-order valence-corrected chi connectivity index (χ3v) is 5.75. The number of hydrogen-bond acceptors (Lipinski definition) is 6. The maximum atomic E-state index is 12.7. The summed E-state index contributed by atoms with van der Waals surface area (Å²) in [7, 11) is 1.34. The number of nitrogens with one attached hydrogen (secondary N) is 1. The third-order valence-electron chi connectivity index (χ3n) is 4.76. The number of aromatic nitrogens is 3. The van der Waals surface area contributed by atoms with Crippen LogP contribution in [0.5, 0.6) is 0 Å². The van der Waals surface area contributed by atoms with Crippen molar-refractivity contribution < 1.29 is 14.3 Å². The van der Waals surface area contributed by atoms with Crippen molar-refractivity contribution in [3.05, 3.63) is 82.0 Å². The molecule has 0 bridgehead atoms. The van der Waals surface area contributed by atoms with Gasteiger partial charge in [0.1, 0.15) is 5.52 Å². The van der Waals surface area contributed by atoms with Gasteiger partial charge in [0, 0.05) is 10.4 Å². The molecule has 30 heavy (non-hydrogen) atoms. The Balaban J connectivity index is 1.46. The fourth-order valence-electron chi connectivity index (χ4n) is 3.17. The molecule has 1 N–H and O–H groups in total. The minimum atomic E-state index is -0.425. The molecule has 2 aromatic carbocycles. The molecule has 4 aromatic rings. The number of benzene rings is 2. The standard InChI is InChI=1S/C22H20N4O3S/c1-29-21(27)13-18(20-7-4-12-30-20)23-22(28)16-10-8-15(9-11-16)14-26-19-6-3-2-5-17(19)24-25-26/h2-12,18H,13-14H2,1H3,(H,23,28). The predicted molar refractivity (Wildman–Crippen MR) is 114 cm³/mol. The summed E-state index contributed by atoms with van der Waals surface area (Å²) >= 11 is 1.49. The van der Waals surface area contributed by atoms with E-state index in [9.17, 15) is 9.59 Å². The minimum absolute atomic E-state index is 0.0835. The van der Waals surface area contributed by atoms with Crippen molar-refractivity contribution in [3.63, 3.8) is 0 Å². The predicted octanol–water partition coefficient (Wildman–Crippen LogP) is 3.58. The summed E-state index contributed by atoms with van der Waals surface area (Å²) in [4.78, 5) is 25.4. The van der Waals surface area contributed by atoms with Crippen LogP contribution in [-0.2, 0) is 16.1 Å². The second-order valence-electron chi connectivity index (χ2n) is 6.75. The van der Waals surface area contributed by atoms with Crippen LogP contribution in [0.25, 0.3) is 11.0 Å². The number of rotatable bonds is 7. The molecule has 0 aliphatic heterocycles. The van der Waals surface area contributed by atoms with Crippen molar-refractivity contribution in [2.45, 2.75) is 19.0 Å². The molecule has 0 spiro atoms. The first-order valence-corrected chi connectivity index (χ1v) is 10.3. The highest BCUT2D eigenvalue weighted by Gasteiger charge is 2.20. The van der Waals surface area contributed by atoms with Gasteiger partial charge in [0.15, 0.2) is 0 Å². The van der Waals surface area contributed by atoms with Gasteiger partial charge in [-0.05, 0) is 41.3 Å². The summed E-state index contributed by atoms with van der Waals surface area (Å²) in [6.45, 7) is 0.558. The van der Waals surface area contributed by atoms with Gasteiger partial charge in [-0.25, -0.2) is 4.68 Å². The molecule has 0 fully saturated rings. The van der Waals surface area contributed by atoms with E-state index in [-0.39, 0.29) is 18.3 Å². The van der Waals surface area contributed by atoms with Crippen molar-refractivity contribution in [1.29, 1.82) is 0 Å². The number of thiophene rings is 1. The molecule has 4 rings (SSSR count). The van der Waals surface area contributed by atoms with Gasteiger partial charge in [0.05, 0.1) is 31.6 Å². The quantitative estimate of drug-likeness (QED) is 0.462. The van der Waals surface area contributed by atoms with E-state index in [1.54, 1.807) is 12.1 Å². The van der Waals surface area contributed by atoms with E-state index < -0.39 is 6.04 Å². The van der Waals surface area contributed by atoms with E-state index in [4.69, 9.17) is 4.74 Å². The van der Waals surface area contributed by atoms with Crippen LogP contribution >= 0.6 is 11.3 Å². The molecule has 0 saturated heterocycles. The number of ether oxygens (including phenoxy) is 1. The zero-order valence-electron chi connectivity index (χ0n) is 16.3. The Kier molecular flexibility index (Phi) is 5.85. The summed E-state index contributed by atoms with van der Waals surface area (Å²) in [6, 6.07) is 18.5. The van der Waals surface area contributed by atoms with Crippen LogP contribution in [0.3, 0.4) is 0 Å². The number of para-hydroxylation sites is 1. The van der Waals surface area contributed by atoms with Gasteiger partial charge in [0.2, 0.25) is 0 Å². The van der Waals surface area contributed by atoms with Crippen LogP contribution in [0.2, 0.25) is 0 Å². The number of methoxy groups -OCH3 is 1. The Labute approximate surface area is 177 Å². The van der Waals surface area contributed by atoms with E-state index in [1.165, 1.54) is 18.4 Å². The number of carbonyl (C=O) groups excluding carboxylic acids is 2. The number of nitrogens with zero attached hydrogens (tertiary/aromatic N) is 3. The Morgan fingerprint density at radius 3 is 2.63 bits per heavy atom. The monoisotopic (exact) mass is 420 g/mol. The molecule has 152 valence electrons. The minimum Gasteiger partial charge on any atom is -0.469 e. The first-order valence-electron chi connectivity index (χ1n) is 9.42. The van der Waals surface area contributed by atoms with Crippen molar-refractivity contribution in [2.24, 2.45) is 0 Å². The Hall–Kier alpha value is -3.52. The first-order chi connectivity index (χ1) is 14.6. The lowest BCUT2D eigenvalue weighted by Gasteiger charge is -2.16. The number of esters is 1. The summed E-state index contributed by atoms with van der Waals surface area (Å²) in [5, 5.41) is 13.2. The van der Waals surface area contributed by atoms with Crippen LogP contribution in [0.1, 0.15) is 33.3 Å². The van der Waals surface area contributed by atoms with Gasteiger partial charge >= 0.3 is 5.97 Å². The molecule has 8 heteroatoms. The molecule has 1 unspecified atom stereocenters. The van der Waals surface area contributed by atoms with Crippen LogP contribution in [0.15, 0.2) is 66.0 Å². The van der Waals surface area contributed by atoms with Crippen molar-refractivity contribution >= 4 is 34.2 Å². The third kappa shape index (κ3) is 4.38. The highest BCUT2D eigenvalue weighted by Crippen LogP contribution is 2.23. The fraction of sp³-hybridized carbons (Fsp3) is 0.182. The summed E-state index contributed by atoms with van der Waals surface area (Å²) in [5.41, 5.74) is 3.33. The zero-order valence-corrected chi connectivity index (χ0v) is 17.1. The number of carbonyl (C=O) groups is 2. The fourth-order valence-corrected chi connectivity index (χ4v) is 3.95. The average Bonchev–Trinajstić information content (AvgIpc) is 3.44. The Bertz CT molecular complexity index is 1150. The molecule has 0 radical (unpaired) electrons. The maximum absolute atomic E-state index is 12.7. The maximum Gasteiger partial charge on any atom is 0.307 e. The molecule has 1 amide bonds. The van der Waals surface area contributed by atoms with E-state index >= 15 is 0 Å². The molecule has 2 aromatic heterocycles. The van der Waals surface area contributed by atoms with Crippen LogP contribution in [0.4, 0.5) is 0 Å². The molecule has 0 saturated carbocycles. The lowest BCUT2D eigenvalue weighted by molar-refractivity contribution is -0.141. The van der Waals surface area contributed by atoms with Gasteiger partial charge < -0.3 is 10.1 Å². The topological polar surface area (TPSA) is 86.1 Å². The van der Waals surface area contributed by atoms with Crippen LogP contribution in [0, 0.1) is 0 Å². The second kappa shape index (κ2) is 8.87. The van der Waals surface area contributed by atoms with Crippen LogP contribution in [-0.4, -0.2) is 34.0 Å². The summed E-state index contributed by atoms with van der Waals surface area (Å²) in [5.74, 6) is -0.612. The number of hydrogen-bond donors (Lipinski definition) is 1. The highest BCUT2D eigenvalue weighted by molar-refractivity contribution is 7.10. The number of fused-ring (bicyclic) bond motifs is 1. The van der Waals surface area contributed by atoms with Crippen molar-refractivity contribution in [2.75, 3.05) is 7.11 Å². The van der Waals surface area contributed by atoms with Crippen molar-refractivity contribution in [3.8, 4) is 0 Å². The van der Waals surface area contributed by atoms with E-state index in [0.717, 1.165) is 21.5 Å². The molecule has 1 atom stereocenters. The SMILES string of the molecule is COC(=O)CC(NC(=O)c1ccc(Cn2nnc3ccccc32)cc1)c1cccs1. The first kappa shape index (κ1) is 19.8. The van der Waals surface area contributed by atoms with Gasteiger partial charge in [-0.15, -0.1) is 16.4 Å². The lowest BCUT2D eigenvalue weighted by Crippen LogP contribution is -2.30. The summed E-state index contributed by atoms with van der Waals surface area (Å²) in [6.07, 6.45) is 0.0835. The molecule has 2 heterocycles. The normalized spacial score (nSPS) is 11.9. The van der Waals surface area contributed by atoms with Crippen LogP contribution < -0.4 is 5.32 Å².